The summed E-state index contributed by atoms with van der Waals surface area (Å²) in [6, 6.07) is 22.2. The monoisotopic (exact) mass is 508 g/mol. The van der Waals surface area contributed by atoms with Gasteiger partial charge in [-0.25, -0.2) is 19.9 Å². The second kappa shape index (κ2) is 10.7. The van der Waals surface area contributed by atoms with E-state index in [0.717, 1.165) is 60.3 Å². The van der Waals surface area contributed by atoms with Crippen LogP contribution < -0.4 is 25.4 Å². The molecule has 1 saturated heterocycles. The van der Waals surface area contributed by atoms with Crippen molar-refractivity contribution in [3.63, 3.8) is 0 Å². The Morgan fingerprint density at radius 3 is 2.58 bits per heavy atom. The number of hydrogen-bond donors (Lipinski definition) is 2. The van der Waals surface area contributed by atoms with Gasteiger partial charge < -0.3 is 19.7 Å². The average molecular weight is 509 g/mol. The number of nitrogens with zero attached hydrogens (tertiary/aromatic N) is 6. The number of hydrazine groups is 1. The summed E-state index contributed by atoms with van der Waals surface area (Å²) in [5.74, 6) is 1.89. The molecule has 0 saturated carbocycles. The van der Waals surface area contributed by atoms with Crippen molar-refractivity contribution >= 4 is 28.8 Å². The summed E-state index contributed by atoms with van der Waals surface area (Å²) in [5.41, 5.74) is 9.22. The van der Waals surface area contributed by atoms with E-state index in [1.165, 1.54) is 5.69 Å². The summed E-state index contributed by atoms with van der Waals surface area (Å²) in [4.78, 5) is 20.4. The summed E-state index contributed by atoms with van der Waals surface area (Å²) in [6.07, 6.45) is 3.52. The van der Waals surface area contributed by atoms with Gasteiger partial charge >= 0.3 is 0 Å². The molecule has 0 bridgehead atoms. The number of ether oxygens (including phenoxy) is 2. The van der Waals surface area contributed by atoms with Crippen LogP contribution in [0.5, 0.6) is 5.88 Å². The van der Waals surface area contributed by atoms with Gasteiger partial charge in [-0.1, -0.05) is 12.1 Å². The first-order chi connectivity index (χ1) is 18.7. The molecule has 0 unspecified atom stereocenters. The van der Waals surface area contributed by atoms with E-state index in [1.807, 2.05) is 47.5 Å². The number of amidine groups is 1. The number of aliphatic imine (C=N–C) groups is 1. The van der Waals surface area contributed by atoms with Crippen LogP contribution in [0.25, 0.3) is 11.3 Å². The average Bonchev–Trinajstić information content (AvgIpc) is 3.49. The number of morpholine rings is 1. The fourth-order valence-corrected chi connectivity index (χ4v) is 4.40. The molecule has 10 nitrogen and oxygen atoms in total. The summed E-state index contributed by atoms with van der Waals surface area (Å²) in [7, 11) is 1.60. The van der Waals surface area contributed by atoms with E-state index in [-0.39, 0.29) is 0 Å². The minimum atomic E-state index is 0.503. The first-order valence-electron chi connectivity index (χ1n) is 12.5. The minimum absolute atomic E-state index is 0.503. The van der Waals surface area contributed by atoms with Crippen LogP contribution >= 0.6 is 0 Å². The maximum Gasteiger partial charge on any atom is 0.227 e. The fraction of sp³-hybridized carbons (Fsp3) is 0.214. The van der Waals surface area contributed by atoms with Gasteiger partial charge in [-0.05, 0) is 48.5 Å². The third-order valence-corrected chi connectivity index (χ3v) is 6.44. The Morgan fingerprint density at radius 1 is 0.921 bits per heavy atom. The highest BCUT2D eigenvalue weighted by molar-refractivity contribution is 6.00. The van der Waals surface area contributed by atoms with Gasteiger partial charge in [0.15, 0.2) is 5.84 Å². The number of hydrogen-bond acceptors (Lipinski definition) is 10. The Balaban J connectivity index is 1.11. The van der Waals surface area contributed by atoms with Gasteiger partial charge in [0.05, 0.1) is 31.7 Å². The first-order valence-corrected chi connectivity index (χ1v) is 12.5. The summed E-state index contributed by atoms with van der Waals surface area (Å²) >= 11 is 0. The Bertz CT molecular complexity index is 1420. The minimum Gasteiger partial charge on any atom is -0.481 e. The lowest BCUT2D eigenvalue weighted by Gasteiger charge is -2.29. The largest absolute Gasteiger partial charge is 0.481 e. The molecule has 2 aromatic carbocycles. The van der Waals surface area contributed by atoms with Crippen LogP contribution in [-0.2, 0) is 4.74 Å². The molecule has 2 aromatic heterocycles. The molecular weight excluding hydrogens is 480 g/mol. The number of pyridine rings is 1. The van der Waals surface area contributed by atoms with E-state index in [1.54, 1.807) is 19.5 Å². The van der Waals surface area contributed by atoms with Crippen LogP contribution in [0.1, 0.15) is 5.56 Å². The van der Waals surface area contributed by atoms with Crippen LogP contribution in [0.4, 0.5) is 23.0 Å². The molecule has 6 rings (SSSR count). The molecule has 0 aliphatic carbocycles. The molecule has 4 heterocycles. The van der Waals surface area contributed by atoms with Crippen molar-refractivity contribution < 1.29 is 9.47 Å². The highest BCUT2D eigenvalue weighted by Crippen LogP contribution is 2.26. The van der Waals surface area contributed by atoms with Crippen LogP contribution in [0.15, 0.2) is 84.1 Å². The summed E-state index contributed by atoms with van der Waals surface area (Å²) < 4.78 is 10.6. The van der Waals surface area contributed by atoms with Gasteiger partial charge in [0, 0.05) is 54.1 Å². The van der Waals surface area contributed by atoms with E-state index in [9.17, 15) is 0 Å². The molecule has 0 radical (unpaired) electrons. The van der Waals surface area contributed by atoms with Gasteiger partial charge in [0.2, 0.25) is 11.8 Å². The molecule has 4 aromatic rings. The van der Waals surface area contributed by atoms with Crippen LogP contribution in [0.3, 0.4) is 0 Å². The van der Waals surface area contributed by atoms with Crippen molar-refractivity contribution in [2.75, 3.05) is 55.3 Å². The Kier molecular flexibility index (Phi) is 6.69. The van der Waals surface area contributed by atoms with E-state index in [0.29, 0.717) is 18.5 Å². The number of aromatic nitrogens is 3. The van der Waals surface area contributed by atoms with E-state index in [2.05, 4.69) is 54.9 Å². The molecule has 192 valence electrons. The molecule has 10 heteroatoms. The molecule has 0 atom stereocenters. The lowest BCUT2D eigenvalue weighted by atomic mass is 10.1. The Hall–Kier alpha value is -4.70. The van der Waals surface area contributed by atoms with Crippen molar-refractivity contribution in [1.29, 1.82) is 0 Å². The van der Waals surface area contributed by atoms with Crippen LogP contribution in [0, 0.1) is 0 Å². The number of nitrogens with one attached hydrogen (secondary N) is 2. The Labute approximate surface area is 221 Å². The van der Waals surface area contributed by atoms with Crippen molar-refractivity contribution in [3.8, 4) is 17.1 Å². The van der Waals surface area contributed by atoms with Crippen molar-refractivity contribution in [1.82, 2.24) is 20.4 Å². The molecule has 38 heavy (non-hydrogen) atoms. The number of anilines is 4. The quantitative estimate of drug-likeness (QED) is 0.385. The van der Waals surface area contributed by atoms with Crippen molar-refractivity contribution in [3.05, 3.63) is 84.7 Å². The highest BCUT2D eigenvalue weighted by atomic mass is 16.5. The summed E-state index contributed by atoms with van der Waals surface area (Å²) in [5, 5.41) is 5.29. The summed E-state index contributed by atoms with van der Waals surface area (Å²) in [6.45, 7) is 3.81. The molecule has 0 spiro atoms. The zero-order valence-electron chi connectivity index (χ0n) is 21.0. The van der Waals surface area contributed by atoms with E-state index >= 15 is 0 Å². The predicted octanol–water partition coefficient (Wildman–Crippen LogP) is 3.86. The third kappa shape index (κ3) is 5.21. The third-order valence-electron chi connectivity index (χ3n) is 6.44. The fourth-order valence-electron chi connectivity index (χ4n) is 4.40. The van der Waals surface area contributed by atoms with E-state index in [4.69, 9.17) is 14.5 Å². The molecule has 2 aliphatic rings. The van der Waals surface area contributed by atoms with Gasteiger partial charge in [-0.3, -0.25) is 10.4 Å². The standard InChI is InChI=1S/C28H28N8O2/c1-37-26-10-5-21(18-30-26)27-31-19-36(34-27)23-8-6-22(7-9-23)32-28-29-12-11-25(33-28)20-3-2-4-24(17-20)35-13-15-38-16-14-35/h2-12,17-18H,13-16,19H2,1H3,(H,31,34)(H,29,32,33). The normalized spacial score (nSPS) is 15.1. The lowest BCUT2D eigenvalue weighted by Crippen LogP contribution is -2.36. The van der Waals surface area contributed by atoms with Gasteiger partial charge in [0.25, 0.3) is 0 Å². The molecule has 2 aliphatic heterocycles. The number of methoxy groups -OCH3 is 1. The number of rotatable bonds is 7. The predicted molar refractivity (Wildman–Crippen MR) is 148 cm³/mol. The maximum atomic E-state index is 5.49. The topological polar surface area (TPSA) is 100 Å². The van der Waals surface area contributed by atoms with Gasteiger partial charge in [0.1, 0.15) is 6.67 Å². The zero-order valence-corrected chi connectivity index (χ0v) is 21.0. The van der Waals surface area contributed by atoms with Crippen molar-refractivity contribution in [2.45, 2.75) is 0 Å². The second-order valence-electron chi connectivity index (χ2n) is 8.86. The first kappa shape index (κ1) is 23.7. The van der Waals surface area contributed by atoms with Crippen LogP contribution in [-0.4, -0.2) is 60.9 Å². The maximum absolute atomic E-state index is 5.49. The second-order valence-corrected chi connectivity index (χ2v) is 8.86. The highest BCUT2D eigenvalue weighted by Gasteiger charge is 2.17. The van der Waals surface area contributed by atoms with Gasteiger partial charge in [-0.15, -0.1) is 0 Å². The molecule has 2 N–H and O–H groups in total. The zero-order chi connectivity index (χ0) is 25.7. The van der Waals surface area contributed by atoms with Crippen LogP contribution in [0.2, 0.25) is 0 Å². The SMILES string of the molecule is COc1ccc(C2=NCN(c3ccc(Nc4nccc(-c5cccc(N6CCOCC6)c5)n4)cc3)N2)cn1. The van der Waals surface area contributed by atoms with E-state index < -0.39 is 0 Å². The van der Waals surface area contributed by atoms with Gasteiger partial charge in [-0.2, -0.15) is 0 Å². The molecule has 1 fully saturated rings. The molecular formula is C28H28N8O2. The molecule has 0 amide bonds. The lowest BCUT2D eigenvalue weighted by molar-refractivity contribution is 0.122. The Morgan fingerprint density at radius 2 is 1.79 bits per heavy atom. The smallest absolute Gasteiger partial charge is 0.227 e. The number of benzene rings is 2. The van der Waals surface area contributed by atoms with Crippen molar-refractivity contribution in [2.24, 2.45) is 4.99 Å².